The number of aryl methyl sites for hydroxylation is 1. The van der Waals surface area contributed by atoms with Crippen LogP contribution in [0.3, 0.4) is 0 Å². The van der Waals surface area contributed by atoms with Gasteiger partial charge in [0, 0.05) is 30.8 Å². The number of hydrogen-bond donors (Lipinski definition) is 2. The van der Waals surface area contributed by atoms with Crippen molar-refractivity contribution >= 4 is 17.2 Å². The molecule has 0 aliphatic carbocycles. The molecule has 0 saturated carbocycles. The molecule has 150 valence electrons. The fraction of sp³-hybridized carbons (Fsp3) is 0.409. The zero-order valence-electron chi connectivity index (χ0n) is 17.0. The number of nitrogens with one attached hydrogen (secondary N) is 2. The molecule has 2 unspecified atom stereocenters. The van der Waals surface area contributed by atoms with Crippen molar-refractivity contribution in [2.24, 2.45) is 0 Å². The quantitative estimate of drug-likeness (QED) is 0.690. The average molecular weight is 390 g/mol. The first kappa shape index (κ1) is 18.0. The van der Waals surface area contributed by atoms with Crippen LogP contribution in [-0.4, -0.2) is 32.8 Å². The van der Waals surface area contributed by atoms with Crippen molar-refractivity contribution in [3.8, 4) is 0 Å². The van der Waals surface area contributed by atoms with E-state index in [2.05, 4.69) is 80.5 Å². The van der Waals surface area contributed by atoms with Gasteiger partial charge in [0.15, 0.2) is 5.82 Å². The van der Waals surface area contributed by atoms with E-state index in [0.29, 0.717) is 12.6 Å². The Kier molecular flexibility index (Phi) is 4.58. The first-order chi connectivity index (χ1) is 14.2. The summed E-state index contributed by atoms with van der Waals surface area (Å²) in [6.45, 7) is 6.10. The molecule has 0 radical (unpaired) electrons. The summed E-state index contributed by atoms with van der Waals surface area (Å²) in [6, 6.07) is 13.3. The van der Waals surface area contributed by atoms with Crippen LogP contribution in [0, 0.1) is 0 Å². The van der Waals surface area contributed by atoms with Gasteiger partial charge in [0.05, 0.1) is 17.9 Å². The number of pyridine rings is 1. The largest absolute Gasteiger partial charge is 0.360 e. The summed E-state index contributed by atoms with van der Waals surface area (Å²) in [5, 5.41) is 11.0. The Labute approximate surface area is 171 Å². The Balaban J connectivity index is 1.43. The molecule has 1 fully saturated rings. The van der Waals surface area contributed by atoms with Crippen molar-refractivity contribution in [2.75, 3.05) is 21.7 Å². The van der Waals surface area contributed by atoms with Gasteiger partial charge in [-0.3, -0.25) is 5.10 Å². The van der Waals surface area contributed by atoms with E-state index in [1.165, 1.54) is 18.5 Å². The predicted octanol–water partition coefficient (Wildman–Crippen LogP) is 3.88. The average Bonchev–Trinajstić information content (AvgIpc) is 3.47. The number of anilines is 3. The third-order valence-electron chi connectivity index (χ3n) is 5.97. The van der Waals surface area contributed by atoms with E-state index in [9.17, 15) is 0 Å². The van der Waals surface area contributed by atoms with Crippen molar-refractivity contribution in [3.63, 3.8) is 0 Å². The molecular formula is C22H27N7. The van der Waals surface area contributed by atoms with Crippen molar-refractivity contribution in [2.45, 2.75) is 51.9 Å². The molecule has 2 aliphatic heterocycles. The Morgan fingerprint density at radius 1 is 1.17 bits per heavy atom. The van der Waals surface area contributed by atoms with E-state index in [-0.39, 0.29) is 6.17 Å². The van der Waals surface area contributed by atoms with Crippen LogP contribution >= 0.6 is 0 Å². The van der Waals surface area contributed by atoms with Gasteiger partial charge in [-0.1, -0.05) is 19.1 Å². The van der Waals surface area contributed by atoms with Crippen LogP contribution in [0.25, 0.3) is 0 Å². The fourth-order valence-corrected chi connectivity index (χ4v) is 4.38. The Hall–Kier alpha value is -3.09. The number of aromatic nitrogens is 4. The van der Waals surface area contributed by atoms with Crippen LogP contribution < -0.4 is 15.1 Å². The molecule has 3 aromatic rings. The molecule has 4 heterocycles. The zero-order valence-corrected chi connectivity index (χ0v) is 17.0. The molecule has 7 heteroatoms. The van der Waals surface area contributed by atoms with Crippen LogP contribution in [0.5, 0.6) is 0 Å². The lowest BCUT2D eigenvalue weighted by Crippen LogP contribution is -2.29. The third kappa shape index (κ3) is 3.30. The number of H-pyrrole nitrogens is 1. The standard InChI is InChI=1S/C22H27N7/c1-3-19-25-20(27-26-19)14-29-18-9-5-4-8-17(18)24-22(29)16-10-11-21(23-13-16)28-12-6-7-15(28)2/h4-5,8-11,13,15,22,24H,3,6-7,12,14H2,1-2H3,(H,25,26,27). The van der Waals surface area contributed by atoms with Gasteiger partial charge in [-0.25, -0.2) is 9.97 Å². The van der Waals surface area contributed by atoms with Crippen LogP contribution in [0.15, 0.2) is 42.6 Å². The second-order valence-corrected chi connectivity index (χ2v) is 7.88. The van der Waals surface area contributed by atoms with Crippen molar-refractivity contribution < 1.29 is 0 Å². The summed E-state index contributed by atoms with van der Waals surface area (Å²) in [7, 11) is 0. The monoisotopic (exact) mass is 389 g/mol. The molecule has 0 amide bonds. The summed E-state index contributed by atoms with van der Waals surface area (Å²) in [6.07, 6.45) is 5.34. The lowest BCUT2D eigenvalue weighted by molar-refractivity contribution is 0.685. The number of fused-ring (bicyclic) bond motifs is 1. The highest BCUT2D eigenvalue weighted by Crippen LogP contribution is 2.41. The number of benzene rings is 1. The van der Waals surface area contributed by atoms with Gasteiger partial charge in [0.2, 0.25) is 0 Å². The highest BCUT2D eigenvalue weighted by Gasteiger charge is 2.31. The smallest absolute Gasteiger partial charge is 0.150 e. The molecule has 2 N–H and O–H groups in total. The molecule has 5 rings (SSSR count). The van der Waals surface area contributed by atoms with Gasteiger partial charge in [-0.15, -0.1) is 0 Å². The van der Waals surface area contributed by atoms with Crippen molar-refractivity contribution in [1.29, 1.82) is 0 Å². The predicted molar refractivity (Wildman–Crippen MR) is 115 cm³/mol. The summed E-state index contributed by atoms with van der Waals surface area (Å²) >= 11 is 0. The molecule has 0 bridgehead atoms. The maximum atomic E-state index is 4.80. The van der Waals surface area contributed by atoms with Crippen LogP contribution in [0.2, 0.25) is 0 Å². The molecule has 1 saturated heterocycles. The summed E-state index contributed by atoms with van der Waals surface area (Å²) in [4.78, 5) is 14.1. The summed E-state index contributed by atoms with van der Waals surface area (Å²) in [5.74, 6) is 2.80. The minimum Gasteiger partial charge on any atom is -0.360 e. The summed E-state index contributed by atoms with van der Waals surface area (Å²) < 4.78 is 0. The van der Waals surface area contributed by atoms with E-state index >= 15 is 0 Å². The van der Waals surface area contributed by atoms with Gasteiger partial charge in [0.25, 0.3) is 0 Å². The van der Waals surface area contributed by atoms with Gasteiger partial charge in [0.1, 0.15) is 17.8 Å². The van der Waals surface area contributed by atoms with E-state index < -0.39 is 0 Å². The summed E-state index contributed by atoms with van der Waals surface area (Å²) in [5.41, 5.74) is 3.45. The van der Waals surface area contributed by atoms with Crippen molar-refractivity contribution in [3.05, 3.63) is 59.8 Å². The fourth-order valence-electron chi connectivity index (χ4n) is 4.38. The van der Waals surface area contributed by atoms with Crippen LogP contribution in [-0.2, 0) is 13.0 Å². The first-order valence-corrected chi connectivity index (χ1v) is 10.5. The molecule has 0 spiro atoms. The van der Waals surface area contributed by atoms with Gasteiger partial charge in [-0.2, -0.15) is 5.10 Å². The first-order valence-electron chi connectivity index (χ1n) is 10.5. The molecular weight excluding hydrogens is 362 g/mol. The van der Waals surface area contributed by atoms with Crippen molar-refractivity contribution in [1.82, 2.24) is 20.2 Å². The molecule has 2 atom stereocenters. The third-order valence-corrected chi connectivity index (χ3v) is 5.97. The Bertz CT molecular complexity index is 981. The minimum absolute atomic E-state index is 0.0140. The normalized spacial score (nSPS) is 20.8. The van der Waals surface area contributed by atoms with Gasteiger partial charge >= 0.3 is 0 Å². The molecule has 7 nitrogen and oxygen atoms in total. The Morgan fingerprint density at radius 2 is 2.07 bits per heavy atom. The van der Waals surface area contributed by atoms with E-state index in [1.54, 1.807) is 0 Å². The second kappa shape index (κ2) is 7.39. The minimum atomic E-state index is 0.0140. The number of rotatable bonds is 5. The number of hydrogen-bond acceptors (Lipinski definition) is 6. The maximum Gasteiger partial charge on any atom is 0.150 e. The zero-order chi connectivity index (χ0) is 19.8. The molecule has 29 heavy (non-hydrogen) atoms. The highest BCUT2D eigenvalue weighted by molar-refractivity contribution is 5.76. The van der Waals surface area contributed by atoms with Crippen LogP contribution in [0.1, 0.15) is 50.1 Å². The van der Waals surface area contributed by atoms with Crippen LogP contribution in [0.4, 0.5) is 17.2 Å². The van der Waals surface area contributed by atoms with E-state index in [1.807, 2.05) is 6.20 Å². The Morgan fingerprint density at radius 3 is 2.79 bits per heavy atom. The SMILES string of the molecule is CCc1n[nH]c(CN2c3ccccc3NC2c2ccc(N3CCCC3C)nc2)n1. The van der Waals surface area contributed by atoms with Gasteiger partial charge in [-0.05, 0) is 44.0 Å². The molecule has 2 aliphatic rings. The number of nitrogens with zero attached hydrogens (tertiary/aromatic N) is 5. The second-order valence-electron chi connectivity index (χ2n) is 7.88. The molecule has 2 aromatic heterocycles. The topological polar surface area (TPSA) is 73.0 Å². The van der Waals surface area contributed by atoms with E-state index in [0.717, 1.165) is 41.7 Å². The highest BCUT2D eigenvalue weighted by atomic mass is 15.4. The lowest BCUT2D eigenvalue weighted by atomic mass is 10.2. The van der Waals surface area contributed by atoms with Gasteiger partial charge < -0.3 is 15.1 Å². The maximum absolute atomic E-state index is 4.80. The number of para-hydroxylation sites is 2. The number of aromatic amines is 1. The molecule has 1 aromatic carbocycles. The lowest BCUT2D eigenvalue weighted by Gasteiger charge is -2.27. The van der Waals surface area contributed by atoms with E-state index in [4.69, 9.17) is 4.98 Å².